The summed E-state index contributed by atoms with van der Waals surface area (Å²) in [6.45, 7) is 1.81. The van der Waals surface area contributed by atoms with Gasteiger partial charge in [0, 0.05) is 5.52 Å². The standard InChI is InChI=1S/C19H17N3O3/c1-13-6-8-16(9-7-13)25-12-18(23)22-20-11-15-10-14-4-2-3-5-17(14)21-19(15)24/h2-11H,12H2,1H3,(H,21,24)(H,22,23)/b20-11-. The minimum Gasteiger partial charge on any atom is -0.484 e. The summed E-state index contributed by atoms with van der Waals surface area (Å²) in [6, 6.07) is 16.5. The largest absolute Gasteiger partial charge is 0.484 e. The van der Waals surface area contributed by atoms with E-state index in [1.807, 2.05) is 43.3 Å². The van der Waals surface area contributed by atoms with Gasteiger partial charge in [0.1, 0.15) is 5.75 Å². The molecule has 0 bridgehead atoms. The minimum atomic E-state index is -0.408. The first-order chi connectivity index (χ1) is 12.1. The fraction of sp³-hybridized carbons (Fsp3) is 0.105. The Bertz CT molecular complexity index is 975. The molecule has 0 spiro atoms. The molecule has 3 aromatic rings. The highest BCUT2D eigenvalue weighted by Gasteiger charge is 2.03. The highest BCUT2D eigenvalue weighted by atomic mass is 16.5. The second-order valence-corrected chi connectivity index (χ2v) is 5.54. The van der Waals surface area contributed by atoms with Gasteiger partial charge >= 0.3 is 0 Å². The third-order valence-electron chi connectivity index (χ3n) is 3.57. The van der Waals surface area contributed by atoms with Crippen molar-refractivity contribution < 1.29 is 9.53 Å². The molecule has 0 aliphatic rings. The lowest BCUT2D eigenvalue weighted by molar-refractivity contribution is -0.123. The Balaban J connectivity index is 1.59. The molecule has 0 aliphatic heterocycles. The molecule has 0 aliphatic carbocycles. The van der Waals surface area contributed by atoms with Crippen LogP contribution in [0.1, 0.15) is 11.1 Å². The van der Waals surface area contributed by atoms with Gasteiger partial charge in [0.2, 0.25) is 0 Å². The number of carbonyl (C=O) groups is 1. The van der Waals surface area contributed by atoms with E-state index in [1.54, 1.807) is 18.2 Å². The number of amides is 1. The third-order valence-corrected chi connectivity index (χ3v) is 3.57. The molecule has 0 fully saturated rings. The number of aromatic nitrogens is 1. The van der Waals surface area contributed by atoms with Crippen LogP contribution in [0.25, 0.3) is 10.9 Å². The SMILES string of the molecule is Cc1ccc(OCC(=O)N/N=C\c2cc3ccccc3[nH]c2=O)cc1. The van der Waals surface area contributed by atoms with Crippen molar-refractivity contribution in [2.24, 2.45) is 5.10 Å². The predicted octanol–water partition coefficient (Wildman–Crippen LogP) is 2.37. The number of hydrogen-bond acceptors (Lipinski definition) is 4. The van der Waals surface area contributed by atoms with Gasteiger partial charge in [-0.2, -0.15) is 5.10 Å². The summed E-state index contributed by atoms with van der Waals surface area (Å²) in [7, 11) is 0. The first-order valence-electron chi connectivity index (χ1n) is 7.75. The number of pyridine rings is 1. The molecule has 3 rings (SSSR count). The van der Waals surface area contributed by atoms with E-state index >= 15 is 0 Å². The smallest absolute Gasteiger partial charge is 0.277 e. The number of aromatic amines is 1. The van der Waals surface area contributed by atoms with Crippen molar-refractivity contribution >= 4 is 23.0 Å². The van der Waals surface area contributed by atoms with Crippen molar-refractivity contribution in [2.75, 3.05) is 6.61 Å². The lowest BCUT2D eigenvalue weighted by Crippen LogP contribution is -2.25. The minimum absolute atomic E-state index is 0.158. The number of aryl methyl sites for hydroxylation is 1. The van der Waals surface area contributed by atoms with Crippen molar-refractivity contribution in [3.63, 3.8) is 0 Å². The molecule has 0 saturated heterocycles. The van der Waals surface area contributed by atoms with E-state index in [0.29, 0.717) is 11.3 Å². The van der Waals surface area contributed by atoms with Crippen LogP contribution in [0, 0.1) is 6.92 Å². The number of rotatable bonds is 5. The predicted molar refractivity (Wildman–Crippen MR) is 97.0 cm³/mol. The number of fused-ring (bicyclic) bond motifs is 1. The molecule has 1 aromatic heterocycles. The van der Waals surface area contributed by atoms with Crippen molar-refractivity contribution in [2.45, 2.75) is 6.92 Å². The second kappa shape index (κ2) is 7.44. The average Bonchev–Trinajstić information content (AvgIpc) is 2.61. The van der Waals surface area contributed by atoms with Crippen LogP contribution in [0.4, 0.5) is 0 Å². The van der Waals surface area contributed by atoms with Gasteiger partial charge in [-0.25, -0.2) is 5.43 Å². The van der Waals surface area contributed by atoms with Crippen LogP contribution >= 0.6 is 0 Å². The van der Waals surface area contributed by atoms with Gasteiger partial charge in [0.25, 0.3) is 11.5 Å². The van der Waals surface area contributed by atoms with Crippen molar-refractivity contribution in [3.8, 4) is 5.75 Å². The van der Waals surface area contributed by atoms with E-state index in [9.17, 15) is 9.59 Å². The Hall–Kier alpha value is -3.41. The van der Waals surface area contributed by atoms with Crippen LogP contribution in [0.3, 0.4) is 0 Å². The van der Waals surface area contributed by atoms with E-state index in [1.165, 1.54) is 6.21 Å². The molecule has 2 N–H and O–H groups in total. The number of H-pyrrole nitrogens is 1. The van der Waals surface area contributed by atoms with E-state index in [2.05, 4.69) is 15.5 Å². The number of hydrogen-bond donors (Lipinski definition) is 2. The first kappa shape index (κ1) is 16.4. The summed E-state index contributed by atoms with van der Waals surface area (Å²) in [5.41, 5.74) is 4.29. The summed E-state index contributed by atoms with van der Waals surface area (Å²) >= 11 is 0. The van der Waals surface area contributed by atoms with Crippen LogP contribution in [0.2, 0.25) is 0 Å². The second-order valence-electron chi connectivity index (χ2n) is 5.54. The molecule has 0 atom stereocenters. The number of nitrogens with one attached hydrogen (secondary N) is 2. The Morgan fingerprint density at radius 3 is 2.76 bits per heavy atom. The summed E-state index contributed by atoms with van der Waals surface area (Å²) in [5.74, 6) is 0.199. The molecule has 0 saturated carbocycles. The topological polar surface area (TPSA) is 83.5 Å². The van der Waals surface area contributed by atoms with Crippen LogP contribution in [0.15, 0.2) is 64.5 Å². The van der Waals surface area contributed by atoms with E-state index in [4.69, 9.17) is 4.74 Å². The monoisotopic (exact) mass is 335 g/mol. The molecular weight excluding hydrogens is 318 g/mol. The molecule has 126 valence electrons. The maximum atomic E-state index is 12.0. The molecule has 6 nitrogen and oxygen atoms in total. The normalized spacial score (nSPS) is 10.9. The first-order valence-corrected chi connectivity index (χ1v) is 7.75. The number of benzene rings is 2. The van der Waals surface area contributed by atoms with Gasteiger partial charge in [-0.05, 0) is 36.6 Å². The Kier molecular flexibility index (Phi) is 4.89. The van der Waals surface area contributed by atoms with Gasteiger partial charge in [-0.15, -0.1) is 0 Å². The van der Waals surface area contributed by atoms with Crippen LogP contribution in [-0.2, 0) is 4.79 Å². The maximum absolute atomic E-state index is 12.0. The zero-order valence-electron chi connectivity index (χ0n) is 13.7. The van der Waals surface area contributed by atoms with Gasteiger partial charge in [-0.3, -0.25) is 9.59 Å². The summed E-state index contributed by atoms with van der Waals surface area (Å²) < 4.78 is 5.35. The summed E-state index contributed by atoms with van der Waals surface area (Å²) in [6.07, 6.45) is 1.31. The fourth-order valence-corrected chi connectivity index (χ4v) is 2.25. The fourth-order valence-electron chi connectivity index (χ4n) is 2.25. The molecule has 25 heavy (non-hydrogen) atoms. The lowest BCUT2D eigenvalue weighted by atomic mass is 10.2. The number of hydrazone groups is 1. The van der Waals surface area contributed by atoms with E-state index < -0.39 is 5.91 Å². The number of ether oxygens (including phenoxy) is 1. The molecule has 1 heterocycles. The van der Waals surface area contributed by atoms with Gasteiger partial charge in [0.05, 0.1) is 11.8 Å². The third kappa shape index (κ3) is 4.32. The zero-order valence-corrected chi connectivity index (χ0v) is 13.7. The molecule has 6 heteroatoms. The Labute approximate surface area is 144 Å². The van der Waals surface area contributed by atoms with Gasteiger partial charge < -0.3 is 9.72 Å². The van der Waals surface area contributed by atoms with Crippen LogP contribution in [0.5, 0.6) is 5.75 Å². The quantitative estimate of drug-likeness (QED) is 0.554. The molecule has 0 unspecified atom stereocenters. The van der Waals surface area contributed by atoms with E-state index in [-0.39, 0.29) is 12.2 Å². The maximum Gasteiger partial charge on any atom is 0.277 e. The molecule has 0 radical (unpaired) electrons. The van der Waals surface area contributed by atoms with Crippen molar-refractivity contribution in [1.82, 2.24) is 10.4 Å². The highest BCUT2D eigenvalue weighted by Crippen LogP contribution is 2.11. The zero-order chi connectivity index (χ0) is 17.6. The van der Waals surface area contributed by atoms with Crippen LogP contribution < -0.4 is 15.7 Å². The molecular formula is C19H17N3O3. The van der Waals surface area contributed by atoms with Gasteiger partial charge in [-0.1, -0.05) is 35.9 Å². The van der Waals surface area contributed by atoms with E-state index in [0.717, 1.165) is 16.5 Å². The van der Waals surface area contributed by atoms with Crippen molar-refractivity contribution in [1.29, 1.82) is 0 Å². The Morgan fingerprint density at radius 2 is 1.96 bits per heavy atom. The molecule has 2 aromatic carbocycles. The summed E-state index contributed by atoms with van der Waals surface area (Å²) in [4.78, 5) is 26.5. The number of carbonyl (C=O) groups excluding carboxylic acids is 1. The van der Waals surface area contributed by atoms with Crippen molar-refractivity contribution in [3.05, 3.63) is 76.1 Å². The highest BCUT2D eigenvalue weighted by molar-refractivity contribution is 5.88. The average molecular weight is 335 g/mol. The molecule has 1 amide bonds. The van der Waals surface area contributed by atoms with Gasteiger partial charge in [0.15, 0.2) is 6.61 Å². The summed E-state index contributed by atoms with van der Waals surface area (Å²) in [5, 5.41) is 4.70. The lowest BCUT2D eigenvalue weighted by Gasteiger charge is -2.05. The number of nitrogens with zero attached hydrogens (tertiary/aromatic N) is 1. The Morgan fingerprint density at radius 1 is 1.20 bits per heavy atom. The number of para-hydroxylation sites is 1. The van der Waals surface area contributed by atoms with Crippen LogP contribution in [-0.4, -0.2) is 23.7 Å².